The molecule has 90 valence electrons. The van der Waals surface area contributed by atoms with E-state index in [2.05, 4.69) is 16.4 Å². The maximum absolute atomic E-state index is 11.2. The summed E-state index contributed by atoms with van der Waals surface area (Å²) >= 11 is 0. The molecule has 1 aromatic heterocycles. The largest absolute Gasteiger partial charge is 0.361 e. The van der Waals surface area contributed by atoms with Gasteiger partial charge in [-0.05, 0) is 18.1 Å². The number of hydrogen-bond donors (Lipinski definition) is 3. The predicted molar refractivity (Wildman–Crippen MR) is 68.7 cm³/mol. The number of para-hydroxylation sites is 1. The van der Waals surface area contributed by atoms with Gasteiger partial charge in [0.15, 0.2) is 0 Å². The van der Waals surface area contributed by atoms with Crippen LogP contribution >= 0.6 is 0 Å². The molecule has 0 aliphatic carbocycles. The Kier molecular flexibility index (Phi) is 3.77. The van der Waals surface area contributed by atoms with Gasteiger partial charge in [0, 0.05) is 36.6 Å². The minimum Gasteiger partial charge on any atom is -0.361 e. The fraction of sp³-hybridized carbons (Fsp3) is 0.308. The Hall–Kier alpha value is -1.81. The monoisotopic (exact) mass is 231 g/mol. The van der Waals surface area contributed by atoms with Crippen LogP contribution in [0.25, 0.3) is 10.9 Å². The van der Waals surface area contributed by atoms with Crippen molar-refractivity contribution in [3.8, 4) is 0 Å². The second-order valence-electron chi connectivity index (χ2n) is 4.00. The number of nitrogens with two attached hydrogens (primary N) is 1. The highest BCUT2D eigenvalue weighted by molar-refractivity contribution is 5.83. The van der Waals surface area contributed by atoms with Crippen molar-refractivity contribution < 1.29 is 4.79 Å². The number of aromatic amines is 1. The molecule has 0 radical (unpaired) electrons. The number of hydrogen-bond acceptors (Lipinski definition) is 2. The van der Waals surface area contributed by atoms with Crippen molar-refractivity contribution in [1.82, 2.24) is 10.3 Å². The van der Waals surface area contributed by atoms with E-state index in [0.717, 1.165) is 11.9 Å². The number of nitrogens with one attached hydrogen (secondary N) is 2. The van der Waals surface area contributed by atoms with Crippen LogP contribution in [0.4, 0.5) is 0 Å². The average Bonchev–Trinajstić information content (AvgIpc) is 2.73. The third-order valence-electron chi connectivity index (χ3n) is 2.76. The molecule has 1 aromatic carbocycles. The van der Waals surface area contributed by atoms with Crippen LogP contribution in [-0.4, -0.2) is 24.0 Å². The molecule has 4 nitrogen and oxygen atoms in total. The topological polar surface area (TPSA) is 70.9 Å². The predicted octanol–water partition coefficient (Wildman–Crippen LogP) is 1.18. The van der Waals surface area contributed by atoms with Crippen molar-refractivity contribution >= 4 is 16.8 Å². The van der Waals surface area contributed by atoms with E-state index in [-0.39, 0.29) is 5.91 Å². The van der Waals surface area contributed by atoms with Crippen LogP contribution in [0.5, 0.6) is 0 Å². The summed E-state index contributed by atoms with van der Waals surface area (Å²) in [5.74, 6) is 0.0207. The fourth-order valence-corrected chi connectivity index (χ4v) is 1.89. The Morgan fingerprint density at radius 1 is 1.35 bits per heavy atom. The molecule has 0 saturated carbocycles. The van der Waals surface area contributed by atoms with Crippen molar-refractivity contribution in [1.29, 1.82) is 0 Å². The van der Waals surface area contributed by atoms with E-state index in [1.54, 1.807) is 0 Å². The van der Waals surface area contributed by atoms with Crippen molar-refractivity contribution in [3.05, 3.63) is 36.0 Å². The van der Waals surface area contributed by atoms with E-state index >= 15 is 0 Å². The molecule has 2 aromatic rings. The maximum Gasteiger partial charge on any atom is 0.221 e. The van der Waals surface area contributed by atoms with Gasteiger partial charge < -0.3 is 16.0 Å². The summed E-state index contributed by atoms with van der Waals surface area (Å²) in [6.45, 7) is 1.06. The molecule has 1 heterocycles. The van der Waals surface area contributed by atoms with Gasteiger partial charge in [-0.3, -0.25) is 4.79 Å². The lowest BCUT2D eigenvalue weighted by atomic mass is 10.1. The summed E-state index contributed by atoms with van der Waals surface area (Å²) < 4.78 is 0. The van der Waals surface area contributed by atoms with Crippen molar-refractivity contribution in [2.24, 2.45) is 5.73 Å². The number of carbonyl (C=O) groups is 1. The van der Waals surface area contributed by atoms with Crippen LogP contribution < -0.4 is 11.1 Å². The molecule has 0 spiro atoms. The molecule has 0 aliphatic heterocycles. The molecule has 1 amide bonds. The van der Waals surface area contributed by atoms with E-state index < -0.39 is 0 Å². The Bertz CT molecular complexity index is 504. The first-order valence-corrected chi connectivity index (χ1v) is 5.83. The minimum atomic E-state index is 0.0207. The molecule has 17 heavy (non-hydrogen) atoms. The third kappa shape index (κ3) is 2.85. The van der Waals surface area contributed by atoms with E-state index in [1.807, 2.05) is 24.4 Å². The van der Waals surface area contributed by atoms with Gasteiger partial charge in [-0.2, -0.15) is 0 Å². The molecule has 0 fully saturated rings. The molecule has 4 heteroatoms. The summed E-state index contributed by atoms with van der Waals surface area (Å²) in [4.78, 5) is 14.5. The van der Waals surface area contributed by atoms with Gasteiger partial charge in [0.05, 0.1) is 0 Å². The highest BCUT2D eigenvalue weighted by Crippen LogP contribution is 2.17. The molecular formula is C13H17N3O. The minimum absolute atomic E-state index is 0.0207. The lowest BCUT2D eigenvalue weighted by Crippen LogP contribution is -2.27. The van der Waals surface area contributed by atoms with Crippen LogP contribution in [-0.2, 0) is 11.2 Å². The Balaban J connectivity index is 1.93. The van der Waals surface area contributed by atoms with Gasteiger partial charge in [0.25, 0.3) is 0 Å². The normalized spacial score (nSPS) is 10.6. The van der Waals surface area contributed by atoms with E-state index in [4.69, 9.17) is 5.73 Å². The van der Waals surface area contributed by atoms with Crippen LogP contribution in [0.15, 0.2) is 30.5 Å². The number of amides is 1. The van der Waals surface area contributed by atoms with Gasteiger partial charge in [0.1, 0.15) is 0 Å². The zero-order valence-electron chi connectivity index (χ0n) is 9.70. The Morgan fingerprint density at radius 3 is 3.00 bits per heavy atom. The average molecular weight is 231 g/mol. The second-order valence-corrected chi connectivity index (χ2v) is 4.00. The quantitative estimate of drug-likeness (QED) is 0.723. The zero-order chi connectivity index (χ0) is 12.1. The number of rotatable bonds is 5. The van der Waals surface area contributed by atoms with Crippen molar-refractivity contribution in [2.45, 2.75) is 12.8 Å². The first-order valence-electron chi connectivity index (χ1n) is 5.83. The molecule has 0 unspecified atom stereocenters. The maximum atomic E-state index is 11.2. The number of H-pyrrole nitrogens is 1. The van der Waals surface area contributed by atoms with Crippen molar-refractivity contribution in [2.75, 3.05) is 13.1 Å². The number of carbonyl (C=O) groups excluding carboxylic acids is 1. The zero-order valence-corrected chi connectivity index (χ0v) is 9.70. The second kappa shape index (κ2) is 5.50. The SMILES string of the molecule is NCCC(=O)NCCc1c[nH]c2ccccc12. The van der Waals surface area contributed by atoms with E-state index in [1.165, 1.54) is 10.9 Å². The van der Waals surface area contributed by atoms with Gasteiger partial charge >= 0.3 is 0 Å². The highest BCUT2D eigenvalue weighted by Gasteiger charge is 2.03. The summed E-state index contributed by atoms with van der Waals surface area (Å²) in [5.41, 5.74) is 7.67. The number of fused-ring (bicyclic) bond motifs is 1. The van der Waals surface area contributed by atoms with Crippen LogP contribution in [0.2, 0.25) is 0 Å². The molecule has 0 bridgehead atoms. The fourth-order valence-electron chi connectivity index (χ4n) is 1.89. The summed E-state index contributed by atoms with van der Waals surface area (Å²) in [7, 11) is 0. The van der Waals surface area contributed by atoms with Gasteiger partial charge in [-0.15, -0.1) is 0 Å². The molecule has 0 saturated heterocycles. The summed E-state index contributed by atoms with van der Waals surface area (Å²) in [5, 5.41) is 4.08. The van der Waals surface area contributed by atoms with Crippen LogP contribution in [0, 0.1) is 0 Å². The van der Waals surface area contributed by atoms with Gasteiger partial charge in [-0.25, -0.2) is 0 Å². The summed E-state index contributed by atoms with van der Waals surface area (Å²) in [6, 6.07) is 8.16. The van der Waals surface area contributed by atoms with Crippen molar-refractivity contribution in [3.63, 3.8) is 0 Å². The first kappa shape index (κ1) is 11.7. The first-order chi connectivity index (χ1) is 8.31. The van der Waals surface area contributed by atoms with Gasteiger partial charge in [-0.1, -0.05) is 18.2 Å². The third-order valence-corrected chi connectivity index (χ3v) is 2.76. The summed E-state index contributed by atoms with van der Waals surface area (Å²) in [6.07, 6.45) is 3.23. The molecule has 4 N–H and O–H groups in total. The standard InChI is InChI=1S/C13H17N3O/c14-7-5-13(17)15-8-6-10-9-16-12-4-2-1-3-11(10)12/h1-4,9,16H,5-8,14H2,(H,15,17). The smallest absolute Gasteiger partial charge is 0.221 e. The molecular weight excluding hydrogens is 214 g/mol. The Labute approximate surface area is 100 Å². The number of benzene rings is 1. The van der Waals surface area contributed by atoms with Crippen LogP contribution in [0.1, 0.15) is 12.0 Å². The van der Waals surface area contributed by atoms with E-state index in [9.17, 15) is 4.79 Å². The number of aromatic nitrogens is 1. The molecule has 2 rings (SSSR count). The highest BCUT2D eigenvalue weighted by atomic mass is 16.1. The Morgan fingerprint density at radius 2 is 2.18 bits per heavy atom. The lowest BCUT2D eigenvalue weighted by Gasteiger charge is -2.03. The van der Waals surface area contributed by atoms with Crippen LogP contribution in [0.3, 0.4) is 0 Å². The van der Waals surface area contributed by atoms with Gasteiger partial charge in [0.2, 0.25) is 5.91 Å². The lowest BCUT2D eigenvalue weighted by molar-refractivity contribution is -0.120. The molecule has 0 aliphatic rings. The molecule has 0 atom stereocenters. The van der Waals surface area contributed by atoms with E-state index in [0.29, 0.717) is 19.5 Å².